The van der Waals surface area contributed by atoms with Gasteiger partial charge in [-0.2, -0.15) is 0 Å². The summed E-state index contributed by atoms with van der Waals surface area (Å²) in [5.74, 6) is 0.0767. The zero-order valence-electron chi connectivity index (χ0n) is 13.5. The summed E-state index contributed by atoms with van der Waals surface area (Å²) >= 11 is 5.97. The van der Waals surface area contributed by atoms with E-state index in [4.69, 9.17) is 11.6 Å². The van der Waals surface area contributed by atoms with Crippen molar-refractivity contribution >= 4 is 29.1 Å². The van der Waals surface area contributed by atoms with Crippen LogP contribution in [-0.4, -0.2) is 20.9 Å². The van der Waals surface area contributed by atoms with Crippen LogP contribution in [0.2, 0.25) is 5.02 Å². The number of hydrogen-bond donors (Lipinski definition) is 2. The highest BCUT2D eigenvalue weighted by Gasteiger charge is 2.11. The second-order valence-electron chi connectivity index (χ2n) is 5.39. The first-order valence-electron chi connectivity index (χ1n) is 7.65. The minimum atomic E-state index is -0.267. The lowest BCUT2D eigenvalue weighted by Gasteiger charge is -2.09. The van der Waals surface area contributed by atoms with Crippen molar-refractivity contribution in [2.45, 2.75) is 13.5 Å². The van der Waals surface area contributed by atoms with Crippen LogP contribution in [0.1, 0.15) is 21.7 Å². The van der Waals surface area contributed by atoms with E-state index in [1.54, 1.807) is 30.6 Å². The van der Waals surface area contributed by atoms with Crippen LogP contribution in [0.5, 0.6) is 0 Å². The molecule has 0 aliphatic carbocycles. The Hall–Kier alpha value is -2.99. The molecule has 126 valence electrons. The number of pyridine rings is 1. The van der Waals surface area contributed by atoms with Gasteiger partial charge in [-0.15, -0.1) is 0 Å². The maximum Gasteiger partial charge on any atom is 0.270 e. The molecule has 1 amide bonds. The van der Waals surface area contributed by atoms with Gasteiger partial charge in [0.05, 0.1) is 0 Å². The predicted molar refractivity (Wildman–Crippen MR) is 96.9 cm³/mol. The van der Waals surface area contributed by atoms with Crippen molar-refractivity contribution in [3.05, 3.63) is 76.8 Å². The van der Waals surface area contributed by atoms with Gasteiger partial charge >= 0.3 is 0 Å². The largest absolute Gasteiger partial charge is 0.347 e. The molecule has 0 atom stereocenters. The number of nitrogens with one attached hydrogen (secondary N) is 2. The van der Waals surface area contributed by atoms with E-state index in [1.165, 1.54) is 0 Å². The summed E-state index contributed by atoms with van der Waals surface area (Å²) in [5, 5.41) is 6.50. The number of anilines is 2. The normalized spacial score (nSPS) is 10.3. The average Bonchev–Trinajstić information content (AvgIpc) is 2.60. The second-order valence-corrected chi connectivity index (χ2v) is 5.83. The Labute approximate surface area is 150 Å². The Balaban J connectivity index is 1.73. The minimum Gasteiger partial charge on any atom is -0.347 e. The second kappa shape index (κ2) is 7.72. The van der Waals surface area contributed by atoms with Crippen molar-refractivity contribution < 1.29 is 4.79 Å². The molecule has 6 nitrogen and oxygen atoms in total. The van der Waals surface area contributed by atoms with E-state index in [1.807, 2.05) is 31.2 Å². The van der Waals surface area contributed by atoms with Gasteiger partial charge in [0, 0.05) is 35.3 Å². The average molecular weight is 354 g/mol. The van der Waals surface area contributed by atoms with E-state index in [2.05, 4.69) is 25.6 Å². The van der Waals surface area contributed by atoms with Gasteiger partial charge in [-0.1, -0.05) is 17.7 Å². The topological polar surface area (TPSA) is 79.8 Å². The standard InChI is InChI=1S/C18H16ClN5O/c1-12-9-16(17(25)21-11-13-5-7-20-8-6-13)24-18(22-12)23-15-4-2-3-14(19)10-15/h2-10H,11H2,1H3,(H,21,25)(H,22,23,24). The van der Waals surface area contributed by atoms with Crippen LogP contribution in [0.4, 0.5) is 11.6 Å². The Morgan fingerprint density at radius 1 is 1.12 bits per heavy atom. The van der Waals surface area contributed by atoms with Crippen molar-refractivity contribution in [3.63, 3.8) is 0 Å². The van der Waals surface area contributed by atoms with Crippen LogP contribution in [0.25, 0.3) is 0 Å². The Morgan fingerprint density at radius 3 is 2.68 bits per heavy atom. The molecule has 1 aromatic carbocycles. The third-order valence-corrected chi connectivity index (χ3v) is 3.61. The highest BCUT2D eigenvalue weighted by Crippen LogP contribution is 2.18. The van der Waals surface area contributed by atoms with Crippen LogP contribution in [0.3, 0.4) is 0 Å². The predicted octanol–water partition coefficient (Wildman–Crippen LogP) is 3.51. The van der Waals surface area contributed by atoms with E-state index in [0.717, 1.165) is 11.3 Å². The molecule has 2 N–H and O–H groups in total. The molecule has 0 saturated heterocycles. The van der Waals surface area contributed by atoms with Crippen molar-refractivity contribution in [2.75, 3.05) is 5.32 Å². The number of nitrogens with zero attached hydrogens (tertiary/aromatic N) is 3. The first-order valence-corrected chi connectivity index (χ1v) is 8.03. The summed E-state index contributed by atoms with van der Waals surface area (Å²) in [6.45, 7) is 2.21. The highest BCUT2D eigenvalue weighted by molar-refractivity contribution is 6.30. The zero-order valence-corrected chi connectivity index (χ0v) is 14.3. The first-order chi connectivity index (χ1) is 12.1. The quantitative estimate of drug-likeness (QED) is 0.733. The monoisotopic (exact) mass is 353 g/mol. The summed E-state index contributed by atoms with van der Waals surface area (Å²) in [6, 6.07) is 12.5. The summed E-state index contributed by atoms with van der Waals surface area (Å²) in [6.07, 6.45) is 3.37. The van der Waals surface area contributed by atoms with Gasteiger partial charge < -0.3 is 10.6 Å². The molecule has 7 heteroatoms. The lowest BCUT2D eigenvalue weighted by Crippen LogP contribution is -2.24. The number of halogens is 1. The summed E-state index contributed by atoms with van der Waals surface area (Å²) in [5.41, 5.74) is 2.70. The fraction of sp³-hybridized carbons (Fsp3) is 0.111. The third-order valence-electron chi connectivity index (χ3n) is 3.37. The molecule has 25 heavy (non-hydrogen) atoms. The summed E-state index contributed by atoms with van der Waals surface area (Å²) < 4.78 is 0. The number of carbonyl (C=O) groups excluding carboxylic acids is 1. The molecule has 0 saturated carbocycles. The molecule has 3 aromatic rings. The molecular weight excluding hydrogens is 338 g/mol. The van der Waals surface area contributed by atoms with E-state index < -0.39 is 0 Å². The van der Waals surface area contributed by atoms with Gasteiger partial charge in [-0.05, 0) is 48.9 Å². The number of hydrogen-bond acceptors (Lipinski definition) is 5. The smallest absolute Gasteiger partial charge is 0.270 e. The van der Waals surface area contributed by atoms with Crippen LogP contribution in [-0.2, 0) is 6.54 Å². The SMILES string of the molecule is Cc1cc(C(=O)NCc2ccncc2)nc(Nc2cccc(Cl)c2)n1. The molecule has 0 radical (unpaired) electrons. The Kier molecular flexibility index (Phi) is 5.20. The molecule has 0 bridgehead atoms. The Bertz CT molecular complexity index is 886. The molecule has 0 aliphatic rings. The van der Waals surface area contributed by atoms with Crippen molar-refractivity contribution in [1.82, 2.24) is 20.3 Å². The molecule has 2 aromatic heterocycles. The van der Waals surface area contributed by atoms with Crippen LogP contribution >= 0.6 is 11.6 Å². The van der Waals surface area contributed by atoms with E-state index >= 15 is 0 Å². The van der Waals surface area contributed by atoms with E-state index in [-0.39, 0.29) is 5.91 Å². The van der Waals surface area contributed by atoms with Crippen molar-refractivity contribution in [2.24, 2.45) is 0 Å². The maximum atomic E-state index is 12.4. The third kappa shape index (κ3) is 4.74. The van der Waals surface area contributed by atoms with Crippen molar-refractivity contribution in [1.29, 1.82) is 0 Å². The molecule has 0 aliphatic heterocycles. The van der Waals surface area contributed by atoms with Gasteiger partial charge in [-0.3, -0.25) is 9.78 Å². The molecule has 3 rings (SSSR count). The van der Waals surface area contributed by atoms with Crippen LogP contribution in [0.15, 0.2) is 54.9 Å². The molecule has 2 heterocycles. The fourth-order valence-corrected chi connectivity index (χ4v) is 2.40. The first kappa shape index (κ1) is 16.9. The van der Waals surface area contributed by atoms with Gasteiger partial charge in [0.15, 0.2) is 0 Å². The summed E-state index contributed by atoms with van der Waals surface area (Å²) in [4.78, 5) is 24.9. The molecule has 0 spiro atoms. The maximum absolute atomic E-state index is 12.4. The number of carbonyl (C=O) groups is 1. The molecular formula is C18H16ClN5O. The number of benzene rings is 1. The lowest BCUT2D eigenvalue weighted by molar-refractivity contribution is 0.0945. The zero-order chi connectivity index (χ0) is 17.6. The van der Waals surface area contributed by atoms with Gasteiger partial charge in [-0.25, -0.2) is 9.97 Å². The van der Waals surface area contributed by atoms with E-state index in [9.17, 15) is 4.79 Å². The van der Waals surface area contributed by atoms with E-state index in [0.29, 0.717) is 28.9 Å². The fourth-order valence-electron chi connectivity index (χ4n) is 2.21. The van der Waals surface area contributed by atoms with Crippen LogP contribution in [0, 0.1) is 6.92 Å². The molecule has 0 unspecified atom stereocenters. The Morgan fingerprint density at radius 2 is 1.92 bits per heavy atom. The molecule has 0 fully saturated rings. The van der Waals surface area contributed by atoms with Gasteiger partial charge in [0.2, 0.25) is 5.95 Å². The van der Waals surface area contributed by atoms with Crippen molar-refractivity contribution in [3.8, 4) is 0 Å². The van der Waals surface area contributed by atoms with Gasteiger partial charge in [0.25, 0.3) is 5.91 Å². The highest BCUT2D eigenvalue weighted by atomic mass is 35.5. The summed E-state index contributed by atoms with van der Waals surface area (Å²) in [7, 11) is 0. The number of amides is 1. The number of aryl methyl sites for hydroxylation is 1. The van der Waals surface area contributed by atoms with Gasteiger partial charge in [0.1, 0.15) is 5.69 Å². The lowest BCUT2D eigenvalue weighted by atomic mass is 10.2. The number of aromatic nitrogens is 3. The minimum absolute atomic E-state index is 0.267. The number of rotatable bonds is 5. The van der Waals surface area contributed by atoms with Crippen LogP contribution < -0.4 is 10.6 Å².